The lowest BCUT2D eigenvalue weighted by Gasteiger charge is -2.26. The van der Waals surface area contributed by atoms with Crippen molar-refractivity contribution in [2.45, 2.75) is 25.3 Å². The zero-order chi connectivity index (χ0) is 13.0. The Labute approximate surface area is 107 Å². The van der Waals surface area contributed by atoms with E-state index in [0.717, 1.165) is 19.3 Å². The van der Waals surface area contributed by atoms with Crippen molar-refractivity contribution in [2.75, 3.05) is 18.1 Å². The highest BCUT2D eigenvalue weighted by atomic mass is 32.2. The Morgan fingerprint density at radius 2 is 2.17 bits per heavy atom. The number of nitrogens with one attached hydrogen (secondary N) is 1. The van der Waals surface area contributed by atoms with Gasteiger partial charge < -0.3 is 10.5 Å². The van der Waals surface area contributed by atoms with Gasteiger partial charge in [0.25, 0.3) is 0 Å². The SMILES string of the molecule is Nc1cccc(OCCS(=O)(=O)NC2CCC2)c1. The Morgan fingerprint density at radius 1 is 1.39 bits per heavy atom. The first-order valence-electron chi connectivity index (χ1n) is 6.03. The van der Waals surface area contributed by atoms with Gasteiger partial charge in [0.05, 0.1) is 5.75 Å². The minimum atomic E-state index is -3.23. The predicted octanol–water partition coefficient (Wildman–Crippen LogP) is 1.12. The summed E-state index contributed by atoms with van der Waals surface area (Å²) in [6, 6.07) is 7.07. The fourth-order valence-electron chi connectivity index (χ4n) is 1.71. The van der Waals surface area contributed by atoms with E-state index in [2.05, 4.69) is 4.72 Å². The third kappa shape index (κ3) is 3.89. The number of sulfonamides is 1. The molecule has 0 saturated heterocycles. The summed E-state index contributed by atoms with van der Waals surface area (Å²) in [4.78, 5) is 0. The molecular formula is C12H18N2O3S. The van der Waals surface area contributed by atoms with Gasteiger partial charge in [-0.25, -0.2) is 13.1 Å². The first-order chi connectivity index (χ1) is 8.55. The van der Waals surface area contributed by atoms with Gasteiger partial charge in [0.1, 0.15) is 12.4 Å². The maximum atomic E-state index is 11.7. The zero-order valence-corrected chi connectivity index (χ0v) is 10.9. The first kappa shape index (κ1) is 13.2. The third-order valence-electron chi connectivity index (χ3n) is 2.93. The summed E-state index contributed by atoms with van der Waals surface area (Å²) in [6.45, 7) is 0.130. The van der Waals surface area contributed by atoms with Crippen LogP contribution in [-0.4, -0.2) is 26.8 Å². The van der Waals surface area contributed by atoms with Gasteiger partial charge in [-0.15, -0.1) is 0 Å². The van der Waals surface area contributed by atoms with E-state index >= 15 is 0 Å². The summed E-state index contributed by atoms with van der Waals surface area (Å²) >= 11 is 0. The molecular weight excluding hydrogens is 252 g/mol. The van der Waals surface area contributed by atoms with Crippen LogP contribution in [0, 0.1) is 0 Å². The van der Waals surface area contributed by atoms with Crippen molar-refractivity contribution >= 4 is 15.7 Å². The van der Waals surface area contributed by atoms with Crippen molar-refractivity contribution in [1.29, 1.82) is 0 Å². The summed E-state index contributed by atoms with van der Waals surface area (Å²) in [5, 5.41) is 0. The lowest BCUT2D eigenvalue weighted by molar-refractivity contribution is 0.337. The maximum absolute atomic E-state index is 11.7. The molecule has 0 bridgehead atoms. The minimum absolute atomic E-state index is 0.0295. The molecule has 1 aromatic carbocycles. The number of nitrogens with two attached hydrogens (primary N) is 1. The second-order valence-corrected chi connectivity index (χ2v) is 6.36. The van der Waals surface area contributed by atoms with Crippen molar-refractivity contribution in [3.05, 3.63) is 24.3 Å². The molecule has 1 saturated carbocycles. The molecule has 0 heterocycles. The van der Waals surface area contributed by atoms with Gasteiger partial charge in [-0.1, -0.05) is 12.5 Å². The molecule has 2 rings (SSSR count). The topological polar surface area (TPSA) is 81.4 Å². The van der Waals surface area contributed by atoms with Gasteiger partial charge in [-0.05, 0) is 25.0 Å². The monoisotopic (exact) mass is 270 g/mol. The van der Waals surface area contributed by atoms with Crippen LogP contribution in [0.4, 0.5) is 5.69 Å². The van der Waals surface area contributed by atoms with Gasteiger partial charge in [0.2, 0.25) is 10.0 Å². The molecule has 1 fully saturated rings. The summed E-state index contributed by atoms with van der Waals surface area (Å²) in [5.41, 5.74) is 6.20. The minimum Gasteiger partial charge on any atom is -0.492 e. The quantitative estimate of drug-likeness (QED) is 0.759. The average Bonchev–Trinajstić information content (AvgIpc) is 2.24. The lowest BCUT2D eigenvalue weighted by atomic mass is 9.94. The molecule has 6 heteroatoms. The van der Waals surface area contributed by atoms with Crippen LogP contribution in [0.25, 0.3) is 0 Å². The van der Waals surface area contributed by atoms with Crippen molar-refractivity contribution in [3.8, 4) is 5.75 Å². The molecule has 18 heavy (non-hydrogen) atoms. The van der Waals surface area contributed by atoms with E-state index in [-0.39, 0.29) is 18.4 Å². The zero-order valence-electron chi connectivity index (χ0n) is 10.1. The Kier molecular flexibility index (Phi) is 4.08. The van der Waals surface area contributed by atoms with Crippen LogP contribution in [0.5, 0.6) is 5.75 Å². The number of benzene rings is 1. The summed E-state index contributed by atoms with van der Waals surface area (Å²) in [6.07, 6.45) is 2.98. The summed E-state index contributed by atoms with van der Waals surface area (Å²) in [7, 11) is -3.23. The molecule has 0 aliphatic heterocycles. The average molecular weight is 270 g/mol. The van der Waals surface area contributed by atoms with Crippen molar-refractivity contribution in [3.63, 3.8) is 0 Å². The second kappa shape index (κ2) is 5.58. The first-order valence-corrected chi connectivity index (χ1v) is 7.69. The molecule has 1 aromatic rings. The molecule has 0 radical (unpaired) electrons. The Bertz CT molecular complexity index is 498. The Hall–Kier alpha value is -1.27. The Balaban J connectivity index is 1.77. The molecule has 1 aliphatic carbocycles. The molecule has 0 atom stereocenters. The summed E-state index contributed by atoms with van der Waals surface area (Å²) in [5.74, 6) is 0.562. The number of rotatable bonds is 6. The van der Waals surface area contributed by atoms with E-state index in [1.54, 1.807) is 24.3 Å². The lowest BCUT2D eigenvalue weighted by Crippen LogP contribution is -2.41. The third-order valence-corrected chi connectivity index (χ3v) is 4.33. The molecule has 0 amide bonds. The molecule has 1 aliphatic rings. The smallest absolute Gasteiger partial charge is 0.215 e. The molecule has 0 spiro atoms. The van der Waals surface area contributed by atoms with E-state index in [4.69, 9.17) is 10.5 Å². The molecule has 5 nitrogen and oxygen atoms in total. The number of hydrogen-bond donors (Lipinski definition) is 2. The van der Waals surface area contributed by atoms with E-state index in [9.17, 15) is 8.42 Å². The van der Waals surface area contributed by atoms with Gasteiger partial charge in [0, 0.05) is 17.8 Å². The standard InChI is InChI=1S/C12H18N2O3S/c13-10-3-1-6-12(9-10)17-7-8-18(15,16)14-11-4-2-5-11/h1,3,6,9,11,14H,2,4-5,7-8,13H2. The van der Waals surface area contributed by atoms with Crippen molar-refractivity contribution < 1.29 is 13.2 Å². The van der Waals surface area contributed by atoms with E-state index in [1.807, 2.05) is 0 Å². The van der Waals surface area contributed by atoms with Gasteiger partial charge in [-0.2, -0.15) is 0 Å². The van der Waals surface area contributed by atoms with Gasteiger partial charge in [0.15, 0.2) is 0 Å². The van der Waals surface area contributed by atoms with Crippen LogP contribution in [0.2, 0.25) is 0 Å². The van der Waals surface area contributed by atoms with E-state index < -0.39 is 10.0 Å². The van der Waals surface area contributed by atoms with Crippen molar-refractivity contribution in [2.24, 2.45) is 0 Å². The molecule has 0 unspecified atom stereocenters. The largest absolute Gasteiger partial charge is 0.492 e. The fourth-order valence-corrected chi connectivity index (χ4v) is 2.88. The molecule has 100 valence electrons. The van der Waals surface area contributed by atoms with Crippen molar-refractivity contribution in [1.82, 2.24) is 4.72 Å². The van der Waals surface area contributed by atoms with Crippen LogP contribution < -0.4 is 15.2 Å². The van der Waals surface area contributed by atoms with Crippen LogP contribution >= 0.6 is 0 Å². The number of nitrogen functional groups attached to an aromatic ring is 1. The maximum Gasteiger partial charge on any atom is 0.215 e. The van der Waals surface area contributed by atoms with E-state index in [0.29, 0.717) is 11.4 Å². The molecule has 3 N–H and O–H groups in total. The number of hydrogen-bond acceptors (Lipinski definition) is 4. The van der Waals surface area contributed by atoms with Gasteiger partial charge in [-0.3, -0.25) is 0 Å². The molecule has 0 aromatic heterocycles. The number of ether oxygens (including phenoxy) is 1. The Morgan fingerprint density at radius 3 is 2.78 bits per heavy atom. The highest BCUT2D eigenvalue weighted by Gasteiger charge is 2.23. The second-order valence-electron chi connectivity index (χ2n) is 4.49. The van der Waals surface area contributed by atoms with Crippen LogP contribution in [0.15, 0.2) is 24.3 Å². The number of anilines is 1. The van der Waals surface area contributed by atoms with E-state index in [1.165, 1.54) is 0 Å². The highest BCUT2D eigenvalue weighted by molar-refractivity contribution is 7.89. The predicted molar refractivity (Wildman–Crippen MR) is 70.9 cm³/mol. The highest BCUT2D eigenvalue weighted by Crippen LogP contribution is 2.19. The van der Waals surface area contributed by atoms with Crippen LogP contribution in [0.3, 0.4) is 0 Å². The van der Waals surface area contributed by atoms with Crippen LogP contribution in [-0.2, 0) is 10.0 Å². The summed E-state index contributed by atoms with van der Waals surface area (Å²) < 4.78 is 31.4. The normalized spacial score (nSPS) is 16.2. The fraction of sp³-hybridized carbons (Fsp3) is 0.500. The van der Waals surface area contributed by atoms with Crippen LogP contribution in [0.1, 0.15) is 19.3 Å². The van der Waals surface area contributed by atoms with Gasteiger partial charge >= 0.3 is 0 Å².